The van der Waals surface area contributed by atoms with Gasteiger partial charge in [0.15, 0.2) is 0 Å². The first-order valence-electron chi connectivity index (χ1n) is 11.7. The topological polar surface area (TPSA) is 118 Å². The highest BCUT2D eigenvalue weighted by Crippen LogP contribution is 2.43. The molecule has 2 N–H and O–H groups in total. The molecule has 1 saturated carbocycles. The number of carbonyl (C=O) groups excluding carboxylic acids is 1. The number of amides is 2. The van der Waals surface area contributed by atoms with E-state index in [1.807, 2.05) is 50.2 Å². The second kappa shape index (κ2) is 9.14. The normalized spacial score (nSPS) is 13.5. The molecule has 0 aliphatic heterocycles. The molecular formula is C26H26N6O3. The highest BCUT2D eigenvalue weighted by atomic mass is 16.6. The van der Waals surface area contributed by atoms with Gasteiger partial charge in [-0.05, 0) is 62.9 Å². The summed E-state index contributed by atoms with van der Waals surface area (Å²) in [5, 5.41) is 24.4. The summed E-state index contributed by atoms with van der Waals surface area (Å²) in [5.41, 5.74) is 4.01. The Bertz CT molecular complexity index is 1420. The van der Waals surface area contributed by atoms with Gasteiger partial charge in [-0.1, -0.05) is 17.2 Å². The summed E-state index contributed by atoms with van der Waals surface area (Å²) < 4.78 is 13.4. The summed E-state index contributed by atoms with van der Waals surface area (Å²) in [6.45, 7) is 5.52. The van der Waals surface area contributed by atoms with Crippen LogP contribution in [0.1, 0.15) is 50.6 Å². The second-order valence-corrected chi connectivity index (χ2v) is 8.99. The Hall–Kier alpha value is -4.32. The molecule has 0 saturated heterocycles. The Morgan fingerprint density at radius 3 is 2.57 bits per heavy atom. The predicted octanol–water partition coefficient (Wildman–Crippen LogP) is 5.92. The molecule has 2 heterocycles. The van der Waals surface area contributed by atoms with Crippen LogP contribution in [0.25, 0.3) is 22.2 Å². The van der Waals surface area contributed by atoms with Gasteiger partial charge in [-0.2, -0.15) is 5.26 Å². The number of nitrogens with zero attached hydrogens (tertiary/aromatic N) is 4. The Morgan fingerprint density at radius 2 is 1.97 bits per heavy atom. The molecule has 178 valence electrons. The number of urea groups is 1. The van der Waals surface area contributed by atoms with Crippen LogP contribution in [0.5, 0.6) is 11.8 Å². The van der Waals surface area contributed by atoms with Crippen molar-refractivity contribution in [3.8, 4) is 29.2 Å². The van der Waals surface area contributed by atoms with Crippen molar-refractivity contribution in [3.63, 3.8) is 0 Å². The Labute approximate surface area is 202 Å². The number of anilines is 1. The number of nitrogens with one attached hydrogen (secondary N) is 2. The molecule has 2 aromatic heterocycles. The van der Waals surface area contributed by atoms with Gasteiger partial charge in [-0.15, -0.1) is 5.10 Å². The fourth-order valence-corrected chi connectivity index (χ4v) is 4.34. The van der Waals surface area contributed by atoms with Crippen LogP contribution < -0.4 is 15.4 Å². The van der Waals surface area contributed by atoms with E-state index >= 15 is 0 Å². The van der Waals surface area contributed by atoms with Crippen molar-refractivity contribution in [3.05, 3.63) is 53.9 Å². The largest absolute Gasteiger partial charge is 0.420 e. The number of fused-ring (bicyclic) bond motifs is 1. The molecule has 0 atom stereocenters. The summed E-state index contributed by atoms with van der Waals surface area (Å²) in [6.07, 6.45) is 3.32. The van der Waals surface area contributed by atoms with Crippen molar-refractivity contribution in [2.75, 3.05) is 5.32 Å². The lowest BCUT2D eigenvalue weighted by Gasteiger charge is -2.30. The lowest BCUT2D eigenvalue weighted by atomic mass is 9.92. The van der Waals surface area contributed by atoms with Crippen molar-refractivity contribution < 1.29 is 13.9 Å². The van der Waals surface area contributed by atoms with E-state index in [9.17, 15) is 10.1 Å². The van der Waals surface area contributed by atoms with E-state index in [1.54, 1.807) is 13.0 Å². The first-order valence-corrected chi connectivity index (χ1v) is 11.7. The minimum absolute atomic E-state index is 0.0448. The first kappa shape index (κ1) is 22.5. The fourth-order valence-electron chi connectivity index (χ4n) is 4.34. The maximum absolute atomic E-state index is 12.1. The van der Waals surface area contributed by atoms with E-state index in [4.69, 9.17) is 9.15 Å². The van der Waals surface area contributed by atoms with Gasteiger partial charge in [-0.3, -0.25) is 0 Å². The molecule has 0 spiro atoms. The monoisotopic (exact) mass is 470 g/mol. The summed E-state index contributed by atoms with van der Waals surface area (Å²) in [6, 6.07) is 15.7. The molecule has 2 amide bonds. The zero-order valence-corrected chi connectivity index (χ0v) is 19.8. The van der Waals surface area contributed by atoms with Crippen LogP contribution in [0.4, 0.5) is 10.5 Å². The van der Waals surface area contributed by atoms with Gasteiger partial charge in [0.2, 0.25) is 5.89 Å². The van der Waals surface area contributed by atoms with Crippen molar-refractivity contribution >= 4 is 22.6 Å². The Kier molecular flexibility index (Phi) is 5.87. The molecule has 9 nitrogen and oxygen atoms in total. The first-order chi connectivity index (χ1) is 16.9. The lowest BCUT2D eigenvalue weighted by molar-refractivity contribution is 0.250. The molecule has 2 aromatic carbocycles. The van der Waals surface area contributed by atoms with Crippen LogP contribution >= 0.6 is 0 Å². The SMILES string of the molecule is Cc1nnc(Oc2ccc3c(C#N)c(-c4ccc(NC(=O)NC(C)C)cc4)n(C4CCC4)c3c2)o1. The van der Waals surface area contributed by atoms with Crippen molar-refractivity contribution in [1.29, 1.82) is 5.26 Å². The number of aryl methyl sites for hydroxylation is 1. The molecule has 0 unspecified atom stereocenters. The predicted molar refractivity (Wildman–Crippen MR) is 131 cm³/mol. The van der Waals surface area contributed by atoms with Gasteiger partial charge < -0.3 is 24.4 Å². The van der Waals surface area contributed by atoms with Gasteiger partial charge in [0.05, 0.1) is 16.8 Å². The van der Waals surface area contributed by atoms with E-state index in [0.717, 1.165) is 41.4 Å². The second-order valence-electron chi connectivity index (χ2n) is 8.99. The Morgan fingerprint density at radius 1 is 1.20 bits per heavy atom. The lowest BCUT2D eigenvalue weighted by Crippen LogP contribution is -2.34. The summed E-state index contributed by atoms with van der Waals surface area (Å²) in [7, 11) is 0. The molecule has 0 bridgehead atoms. The molecule has 35 heavy (non-hydrogen) atoms. The number of hydrogen-bond donors (Lipinski definition) is 2. The number of hydrogen-bond acceptors (Lipinski definition) is 6. The number of benzene rings is 2. The van der Waals surface area contributed by atoms with Crippen molar-refractivity contribution in [2.45, 2.75) is 52.1 Å². The number of ether oxygens (including phenoxy) is 1. The smallest absolute Gasteiger partial charge is 0.410 e. The van der Waals surface area contributed by atoms with Gasteiger partial charge in [0.25, 0.3) is 0 Å². The average Bonchev–Trinajstić information content (AvgIpc) is 3.33. The maximum Gasteiger partial charge on any atom is 0.420 e. The zero-order valence-electron chi connectivity index (χ0n) is 19.8. The highest BCUT2D eigenvalue weighted by molar-refractivity contribution is 5.96. The third-order valence-electron chi connectivity index (χ3n) is 6.08. The van der Waals surface area contributed by atoms with Crippen molar-refractivity contribution in [2.24, 2.45) is 0 Å². The van der Waals surface area contributed by atoms with Crippen LogP contribution in [0.15, 0.2) is 46.9 Å². The summed E-state index contributed by atoms with van der Waals surface area (Å²) in [4.78, 5) is 12.1. The molecular weight excluding hydrogens is 444 g/mol. The maximum atomic E-state index is 12.1. The molecule has 9 heteroatoms. The molecule has 1 aliphatic rings. The van der Waals surface area contributed by atoms with Crippen LogP contribution in [-0.2, 0) is 0 Å². The van der Waals surface area contributed by atoms with Crippen molar-refractivity contribution in [1.82, 2.24) is 20.1 Å². The molecule has 0 radical (unpaired) electrons. The van der Waals surface area contributed by atoms with Gasteiger partial charge >= 0.3 is 12.1 Å². The number of aromatic nitrogens is 3. The number of nitriles is 1. The molecule has 4 aromatic rings. The van der Waals surface area contributed by atoms with Crippen LogP contribution in [0.3, 0.4) is 0 Å². The summed E-state index contributed by atoms with van der Waals surface area (Å²) >= 11 is 0. The van der Waals surface area contributed by atoms with E-state index < -0.39 is 0 Å². The van der Waals surface area contributed by atoms with E-state index in [0.29, 0.717) is 28.9 Å². The zero-order chi connectivity index (χ0) is 24.5. The highest BCUT2D eigenvalue weighted by Gasteiger charge is 2.28. The van der Waals surface area contributed by atoms with Gasteiger partial charge in [0.1, 0.15) is 11.8 Å². The molecule has 1 fully saturated rings. The van der Waals surface area contributed by atoms with E-state index in [-0.39, 0.29) is 18.1 Å². The van der Waals surface area contributed by atoms with Crippen LogP contribution in [0.2, 0.25) is 0 Å². The van der Waals surface area contributed by atoms with E-state index in [2.05, 4.69) is 31.5 Å². The third-order valence-corrected chi connectivity index (χ3v) is 6.08. The van der Waals surface area contributed by atoms with Crippen LogP contribution in [0, 0.1) is 18.3 Å². The van der Waals surface area contributed by atoms with Crippen LogP contribution in [-0.4, -0.2) is 26.8 Å². The van der Waals surface area contributed by atoms with Gasteiger partial charge in [0, 0.05) is 36.1 Å². The summed E-state index contributed by atoms with van der Waals surface area (Å²) in [5.74, 6) is 0.985. The number of rotatable bonds is 6. The minimum Gasteiger partial charge on any atom is -0.410 e. The fraction of sp³-hybridized carbons (Fsp3) is 0.308. The number of carbonyl (C=O) groups is 1. The molecule has 1 aliphatic carbocycles. The quantitative estimate of drug-likeness (QED) is 0.361. The van der Waals surface area contributed by atoms with Gasteiger partial charge in [-0.25, -0.2) is 4.79 Å². The Balaban J connectivity index is 1.55. The third kappa shape index (κ3) is 4.43. The standard InChI is InChI=1S/C26H26N6O3/c1-15(2)28-25(33)29-18-9-7-17(8-10-18)24-22(14-27)21-12-11-20(35-26-31-30-16(3)34-26)13-23(21)32(24)19-5-4-6-19/h7-13,15,19H,4-6H2,1-3H3,(H2,28,29,33). The van der Waals surface area contributed by atoms with E-state index in [1.165, 1.54) is 0 Å². The minimum atomic E-state index is -0.252. The molecule has 5 rings (SSSR count). The average molecular weight is 471 g/mol.